The third-order valence-corrected chi connectivity index (χ3v) is 4.15. The van der Waals surface area contributed by atoms with Crippen LogP contribution in [0, 0.1) is 5.92 Å². The van der Waals surface area contributed by atoms with E-state index < -0.39 is 0 Å². The number of rotatable bonds is 15. The van der Waals surface area contributed by atoms with Crippen LogP contribution in [0.5, 0.6) is 0 Å². The maximum absolute atomic E-state index is 11.1. The van der Waals surface area contributed by atoms with Gasteiger partial charge in [-0.2, -0.15) is 0 Å². The van der Waals surface area contributed by atoms with Gasteiger partial charge in [-0.25, -0.2) is 0 Å². The molecule has 0 aromatic carbocycles. The van der Waals surface area contributed by atoms with Crippen molar-refractivity contribution < 1.29 is 9.59 Å². The Kier molecular flexibility index (Phi) is 14.3. The van der Waals surface area contributed by atoms with Crippen molar-refractivity contribution in [1.82, 2.24) is 0 Å². The fourth-order valence-electron chi connectivity index (χ4n) is 2.47. The van der Waals surface area contributed by atoms with Gasteiger partial charge in [0.2, 0.25) is 0 Å². The highest BCUT2D eigenvalue weighted by molar-refractivity contribution is 5.77. The number of aldehydes is 1. The SMILES string of the molecule is CC(=O)C(C)CCCCCCCCCCCCCC=O. The smallest absolute Gasteiger partial charge is 0.132 e. The fourth-order valence-corrected chi connectivity index (χ4v) is 2.47. The molecular weight excluding hydrogens is 248 g/mol. The van der Waals surface area contributed by atoms with Crippen LogP contribution in [0.1, 0.15) is 97.3 Å². The van der Waals surface area contributed by atoms with E-state index in [2.05, 4.69) is 0 Å². The van der Waals surface area contributed by atoms with Crippen molar-refractivity contribution in [1.29, 1.82) is 0 Å². The topological polar surface area (TPSA) is 34.1 Å². The molecule has 0 fully saturated rings. The van der Waals surface area contributed by atoms with E-state index in [4.69, 9.17) is 0 Å². The third kappa shape index (κ3) is 13.8. The summed E-state index contributed by atoms with van der Waals surface area (Å²) in [5, 5.41) is 0. The summed E-state index contributed by atoms with van der Waals surface area (Å²) in [4.78, 5) is 21.2. The molecule has 0 bridgehead atoms. The Labute approximate surface area is 125 Å². The van der Waals surface area contributed by atoms with Crippen molar-refractivity contribution in [2.24, 2.45) is 5.92 Å². The first-order valence-electron chi connectivity index (χ1n) is 8.62. The zero-order valence-electron chi connectivity index (χ0n) is 13.7. The van der Waals surface area contributed by atoms with Crippen LogP contribution in [0.25, 0.3) is 0 Å². The largest absolute Gasteiger partial charge is 0.303 e. The third-order valence-electron chi connectivity index (χ3n) is 4.15. The number of unbranched alkanes of at least 4 members (excludes halogenated alkanes) is 11. The van der Waals surface area contributed by atoms with Gasteiger partial charge in [0, 0.05) is 12.3 Å². The van der Waals surface area contributed by atoms with Gasteiger partial charge in [0.1, 0.15) is 12.1 Å². The van der Waals surface area contributed by atoms with Gasteiger partial charge in [-0.15, -0.1) is 0 Å². The van der Waals surface area contributed by atoms with Crippen LogP contribution in [0.15, 0.2) is 0 Å². The van der Waals surface area contributed by atoms with Gasteiger partial charge in [-0.05, 0) is 19.8 Å². The number of carbonyl (C=O) groups is 2. The Morgan fingerprint density at radius 2 is 1.20 bits per heavy atom. The van der Waals surface area contributed by atoms with Gasteiger partial charge >= 0.3 is 0 Å². The van der Waals surface area contributed by atoms with E-state index in [1.165, 1.54) is 64.2 Å². The highest BCUT2D eigenvalue weighted by Gasteiger charge is 2.05. The van der Waals surface area contributed by atoms with E-state index in [0.29, 0.717) is 5.78 Å². The molecular formula is C18H34O2. The summed E-state index contributed by atoms with van der Waals surface area (Å²) < 4.78 is 0. The summed E-state index contributed by atoms with van der Waals surface area (Å²) in [6.45, 7) is 3.74. The van der Waals surface area contributed by atoms with Crippen molar-refractivity contribution >= 4 is 12.1 Å². The number of hydrogen-bond acceptors (Lipinski definition) is 2. The van der Waals surface area contributed by atoms with E-state index in [-0.39, 0.29) is 5.92 Å². The van der Waals surface area contributed by atoms with E-state index in [1.807, 2.05) is 6.92 Å². The van der Waals surface area contributed by atoms with Crippen molar-refractivity contribution in [3.63, 3.8) is 0 Å². The minimum atomic E-state index is 0.259. The first-order chi connectivity index (χ1) is 9.68. The second kappa shape index (κ2) is 14.7. The summed E-state index contributed by atoms with van der Waals surface area (Å²) >= 11 is 0. The quantitative estimate of drug-likeness (QED) is 0.294. The molecule has 0 saturated carbocycles. The standard InChI is InChI=1S/C18H34O2/c1-17(18(2)20)15-13-11-9-7-5-3-4-6-8-10-12-14-16-19/h16-17H,3-15H2,1-2H3. The Balaban J connectivity index is 3.06. The van der Waals surface area contributed by atoms with E-state index in [9.17, 15) is 9.59 Å². The number of carbonyl (C=O) groups excluding carboxylic acids is 2. The molecule has 0 saturated heterocycles. The van der Waals surface area contributed by atoms with Gasteiger partial charge < -0.3 is 4.79 Å². The molecule has 118 valence electrons. The number of ketones is 1. The molecule has 0 rings (SSSR count). The van der Waals surface area contributed by atoms with Crippen molar-refractivity contribution in [2.75, 3.05) is 0 Å². The summed E-state index contributed by atoms with van der Waals surface area (Å²) in [7, 11) is 0. The molecule has 1 atom stereocenters. The lowest BCUT2D eigenvalue weighted by atomic mass is 9.98. The van der Waals surface area contributed by atoms with Crippen LogP contribution in [-0.4, -0.2) is 12.1 Å². The van der Waals surface area contributed by atoms with Crippen LogP contribution in [0.3, 0.4) is 0 Å². The van der Waals surface area contributed by atoms with Crippen LogP contribution >= 0.6 is 0 Å². The van der Waals surface area contributed by atoms with Gasteiger partial charge in [0.05, 0.1) is 0 Å². The zero-order chi connectivity index (χ0) is 15.1. The van der Waals surface area contributed by atoms with E-state index >= 15 is 0 Å². The molecule has 0 heterocycles. The molecule has 0 radical (unpaired) electrons. The maximum Gasteiger partial charge on any atom is 0.132 e. The highest BCUT2D eigenvalue weighted by Crippen LogP contribution is 2.14. The van der Waals surface area contributed by atoms with E-state index in [0.717, 1.165) is 25.5 Å². The lowest BCUT2D eigenvalue weighted by Crippen LogP contribution is -2.05. The minimum Gasteiger partial charge on any atom is -0.303 e. The number of Topliss-reactive ketones (excluding diaryl/α,β-unsaturated/α-hetero) is 1. The van der Waals surface area contributed by atoms with Gasteiger partial charge in [-0.1, -0.05) is 71.1 Å². The van der Waals surface area contributed by atoms with Gasteiger partial charge in [0.25, 0.3) is 0 Å². The second-order valence-electron chi connectivity index (χ2n) is 6.14. The van der Waals surface area contributed by atoms with Crippen LogP contribution in [-0.2, 0) is 9.59 Å². The second-order valence-corrected chi connectivity index (χ2v) is 6.14. The monoisotopic (exact) mass is 282 g/mol. The van der Waals surface area contributed by atoms with Crippen molar-refractivity contribution in [3.05, 3.63) is 0 Å². The van der Waals surface area contributed by atoms with Crippen LogP contribution in [0.4, 0.5) is 0 Å². The number of hydrogen-bond donors (Lipinski definition) is 0. The fraction of sp³-hybridized carbons (Fsp3) is 0.889. The summed E-state index contributed by atoms with van der Waals surface area (Å²) in [5.74, 6) is 0.590. The van der Waals surface area contributed by atoms with Crippen molar-refractivity contribution in [3.8, 4) is 0 Å². The predicted octanol–water partition coefficient (Wildman–Crippen LogP) is 5.48. The molecule has 2 heteroatoms. The van der Waals surface area contributed by atoms with Crippen LogP contribution < -0.4 is 0 Å². The molecule has 0 N–H and O–H groups in total. The highest BCUT2D eigenvalue weighted by atomic mass is 16.1. The first kappa shape index (κ1) is 19.3. The minimum absolute atomic E-state index is 0.259. The lowest BCUT2D eigenvalue weighted by Gasteiger charge is -2.06. The maximum atomic E-state index is 11.1. The zero-order valence-corrected chi connectivity index (χ0v) is 13.7. The molecule has 2 nitrogen and oxygen atoms in total. The van der Waals surface area contributed by atoms with Crippen molar-refractivity contribution in [2.45, 2.75) is 97.3 Å². The summed E-state index contributed by atoms with van der Waals surface area (Å²) in [6.07, 6.45) is 17.0. The predicted molar refractivity (Wildman–Crippen MR) is 85.9 cm³/mol. The Morgan fingerprint density at radius 3 is 1.60 bits per heavy atom. The Morgan fingerprint density at radius 1 is 0.800 bits per heavy atom. The molecule has 0 amide bonds. The average molecular weight is 282 g/mol. The van der Waals surface area contributed by atoms with Gasteiger partial charge in [0.15, 0.2) is 0 Å². The molecule has 20 heavy (non-hydrogen) atoms. The van der Waals surface area contributed by atoms with Crippen LogP contribution in [0.2, 0.25) is 0 Å². The average Bonchev–Trinajstić information content (AvgIpc) is 2.43. The first-order valence-corrected chi connectivity index (χ1v) is 8.62. The molecule has 0 aliphatic carbocycles. The molecule has 0 aromatic heterocycles. The van der Waals surface area contributed by atoms with E-state index in [1.54, 1.807) is 6.92 Å². The molecule has 1 unspecified atom stereocenters. The summed E-state index contributed by atoms with van der Waals surface area (Å²) in [5.41, 5.74) is 0. The molecule has 0 spiro atoms. The summed E-state index contributed by atoms with van der Waals surface area (Å²) in [6, 6.07) is 0. The lowest BCUT2D eigenvalue weighted by molar-refractivity contribution is -0.120. The molecule has 0 aromatic rings. The molecule has 0 aliphatic rings. The Hall–Kier alpha value is -0.660. The molecule has 0 aliphatic heterocycles. The Bertz CT molecular complexity index is 236. The van der Waals surface area contributed by atoms with Gasteiger partial charge in [-0.3, -0.25) is 4.79 Å². The normalized spacial score (nSPS) is 12.3.